The zero-order valence-corrected chi connectivity index (χ0v) is 22.1. The van der Waals surface area contributed by atoms with Gasteiger partial charge < -0.3 is 25.6 Å². The Morgan fingerprint density at radius 2 is 1.69 bits per heavy atom. The molecule has 190 valence electrons. The second-order valence-electron chi connectivity index (χ2n) is 9.58. The predicted molar refractivity (Wildman–Crippen MR) is 149 cm³/mol. The highest BCUT2D eigenvalue weighted by Gasteiger charge is 2.19. The number of nitrogens with zero attached hydrogens (tertiary/aromatic N) is 2. The summed E-state index contributed by atoms with van der Waals surface area (Å²) in [6.45, 7) is 8.43. The topological polar surface area (TPSA) is 70.8 Å². The van der Waals surface area contributed by atoms with E-state index in [0.717, 1.165) is 58.7 Å². The first kappa shape index (κ1) is 26.1. The maximum Gasteiger partial charge on any atom is 0.241 e. The Bertz CT molecular complexity index is 1150. The van der Waals surface area contributed by atoms with Crippen LogP contribution in [0.15, 0.2) is 82.6 Å². The van der Waals surface area contributed by atoms with Gasteiger partial charge in [-0.05, 0) is 54.9 Å². The Labute approximate surface area is 218 Å². The summed E-state index contributed by atoms with van der Waals surface area (Å²) in [6.07, 6.45) is 0. The first-order valence-corrected chi connectivity index (χ1v) is 13.3. The molecule has 0 aromatic heterocycles. The fraction of sp³-hybridized carbons (Fsp3) is 0.345. The molecule has 4 rings (SSSR count). The fourth-order valence-corrected chi connectivity index (χ4v) is 4.93. The van der Waals surface area contributed by atoms with Crippen LogP contribution in [-0.2, 0) is 11.4 Å². The molecule has 0 aliphatic carbocycles. The van der Waals surface area contributed by atoms with E-state index in [9.17, 15) is 4.79 Å². The second-order valence-corrected chi connectivity index (χ2v) is 10.7. The Hall–Kier alpha value is -3.00. The van der Waals surface area contributed by atoms with Gasteiger partial charge in [0.15, 0.2) is 0 Å². The zero-order valence-electron chi connectivity index (χ0n) is 21.3. The molecule has 1 amide bonds. The number of hydrogen-bond donors (Lipinski definition) is 2. The minimum absolute atomic E-state index is 0.0793. The summed E-state index contributed by atoms with van der Waals surface area (Å²) in [6, 6.07) is 24.0. The lowest BCUT2D eigenvalue weighted by atomic mass is 10.1. The molecule has 0 saturated carbocycles. The van der Waals surface area contributed by atoms with E-state index in [1.165, 1.54) is 0 Å². The second kappa shape index (κ2) is 12.3. The number of piperazine rings is 1. The largest absolute Gasteiger partial charge is 0.487 e. The van der Waals surface area contributed by atoms with Crippen molar-refractivity contribution in [3.63, 3.8) is 0 Å². The molecule has 3 N–H and O–H groups in total. The quantitative estimate of drug-likeness (QED) is 0.423. The molecule has 0 bridgehead atoms. The van der Waals surface area contributed by atoms with Gasteiger partial charge in [0, 0.05) is 41.7 Å². The smallest absolute Gasteiger partial charge is 0.241 e. The summed E-state index contributed by atoms with van der Waals surface area (Å²) in [4.78, 5) is 19.3. The molecule has 1 fully saturated rings. The predicted octanol–water partition coefficient (Wildman–Crippen LogP) is 5.09. The Morgan fingerprint density at radius 3 is 2.42 bits per heavy atom. The van der Waals surface area contributed by atoms with Gasteiger partial charge in [0.25, 0.3) is 0 Å². The van der Waals surface area contributed by atoms with Crippen LogP contribution in [-0.4, -0.2) is 50.1 Å². The van der Waals surface area contributed by atoms with E-state index in [4.69, 9.17) is 10.5 Å². The lowest BCUT2D eigenvalue weighted by Gasteiger charge is -2.35. The molecule has 6 nitrogen and oxygen atoms in total. The Kier molecular flexibility index (Phi) is 8.91. The van der Waals surface area contributed by atoms with E-state index in [0.29, 0.717) is 6.61 Å². The van der Waals surface area contributed by atoms with Gasteiger partial charge >= 0.3 is 0 Å². The van der Waals surface area contributed by atoms with Crippen molar-refractivity contribution in [2.45, 2.75) is 36.3 Å². The standard InChI is InChI=1S/C29H36N4O2S/c1-21(2)28(30)29(34)31-23-10-7-11-24(18-23)36-25-12-13-26(33-16-14-32(3)15-17-33)27(19-25)35-20-22-8-5-4-6-9-22/h4-13,18-19,21,28H,14-17,20,30H2,1-3H3,(H,31,34). The molecule has 1 aliphatic heterocycles. The summed E-state index contributed by atoms with van der Waals surface area (Å²) in [5.74, 6) is 0.803. The lowest BCUT2D eigenvalue weighted by Crippen LogP contribution is -2.44. The van der Waals surface area contributed by atoms with E-state index in [2.05, 4.69) is 52.5 Å². The van der Waals surface area contributed by atoms with Crippen molar-refractivity contribution in [2.24, 2.45) is 11.7 Å². The molecular formula is C29H36N4O2S. The molecule has 36 heavy (non-hydrogen) atoms. The zero-order chi connectivity index (χ0) is 25.5. The van der Waals surface area contributed by atoms with E-state index >= 15 is 0 Å². The van der Waals surface area contributed by atoms with Crippen LogP contribution >= 0.6 is 11.8 Å². The molecule has 1 heterocycles. The number of nitrogens with one attached hydrogen (secondary N) is 1. The van der Waals surface area contributed by atoms with Crippen LogP contribution < -0.4 is 20.7 Å². The molecule has 3 aromatic carbocycles. The number of rotatable bonds is 9. The molecule has 0 radical (unpaired) electrons. The molecule has 3 aromatic rings. The number of benzene rings is 3. The van der Waals surface area contributed by atoms with Crippen LogP contribution in [0.2, 0.25) is 0 Å². The number of anilines is 2. The van der Waals surface area contributed by atoms with Gasteiger partial charge in [0.2, 0.25) is 5.91 Å². The average Bonchev–Trinajstić information content (AvgIpc) is 2.88. The first-order valence-electron chi connectivity index (χ1n) is 12.5. The molecular weight excluding hydrogens is 468 g/mol. The highest BCUT2D eigenvalue weighted by Crippen LogP contribution is 2.37. The maximum atomic E-state index is 12.4. The van der Waals surface area contributed by atoms with Crippen molar-refractivity contribution in [1.29, 1.82) is 0 Å². The van der Waals surface area contributed by atoms with Crippen molar-refractivity contribution in [1.82, 2.24) is 4.90 Å². The van der Waals surface area contributed by atoms with Crippen LogP contribution in [0, 0.1) is 5.92 Å². The van der Waals surface area contributed by atoms with Crippen LogP contribution in [0.1, 0.15) is 19.4 Å². The highest BCUT2D eigenvalue weighted by molar-refractivity contribution is 7.99. The van der Waals surface area contributed by atoms with Gasteiger partial charge in [-0.3, -0.25) is 4.79 Å². The third-order valence-corrected chi connectivity index (χ3v) is 7.35. The SMILES string of the molecule is CC(C)C(N)C(=O)Nc1cccc(Sc2ccc(N3CCN(C)CC3)c(OCc3ccccc3)c2)c1. The van der Waals surface area contributed by atoms with Crippen molar-refractivity contribution in [3.05, 3.63) is 78.4 Å². The van der Waals surface area contributed by atoms with Gasteiger partial charge in [-0.15, -0.1) is 0 Å². The monoisotopic (exact) mass is 504 g/mol. The van der Waals surface area contributed by atoms with Gasteiger partial charge in [-0.1, -0.05) is 62.0 Å². The normalized spacial score (nSPS) is 15.1. The number of carbonyl (C=O) groups excluding carboxylic acids is 1. The number of carbonyl (C=O) groups is 1. The van der Waals surface area contributed by atoms with Gasteiger partial charge in [-0.25, -0.2) is 0 Å². The summed E-state index contributed by atoms with van der Waals surface area (Å²) < 4.78 is 6.37. The van der Waals surface area contributed by atoms with E-state index in [1.54, 1.807) is 11.8 Å². The highest BCUT2D eigenvalue weighted by atomic mass is 32.2. The van der Waals surface area contributed by atoms with Gasteiger partial charge in [-0.2, -0.15) is 0 Å². The third kappa shape index (κ3) is 7.03. The Morgan fingerprint density at radius 1 is 0.972 bits per heavy atom. The van der Waals surface area contributed by atoms with E-state index in [-0.39, 0.29) is 11.8 Å². The van der Waals surface area contributed by atoms with Crippen LogP contribution in [0.4, 0.5) is 11.4 Å². The minimum Gasteiger partial charge on any atom is -0.487 e. The fourth-order valence-electron chi connectivity index (χ4n) is 4.02. The maximum absolute atomic E-state index is 12.4. The van der Waals surface area contributed by atoms with E-state index in [1.807, 2.05) is 56.3 Å². The molecule has 1 unspecified atom stereocenters. The van der Waals surface area contributed by atoms with Crippen LogP contribution in [0.3, 0.4) is 0 Å². The molecule has 1 saturated heterocycles. The number of amides is 1. The molecule has 1 aliphatic rings. The lowest BCUT2D eigenvalue weighted by molar-refractivity contribution is -0.118. The van der Waals surface area contributed by atoms with Crippen molar-refractivity contribution >= 4 is 29.0 Å². The summed E-state index contributed by atoms with van der Waals surface area (Å²) in [7, 11) is 2.16. The van der Waals surface area contributed by atoms with Crippen molar-refractivity contribution < 1.29 is 9.53 Å². The van der Waals surface area contributed by atoms with Crippen molar-refractivity contribution in [3.8, 4) is 5.75 Å². The number of hydrogen-bond acceptors (Lipinski definition) is 6. The third-order valence-electron chi connectivity index (χ3n) is 6.37. The van der Waals surface area contributed by atoms with Gasteiger partial charge in [0.05, 0.1) is 11.7 Å². The minimum atomic E-state index is -0.534. The average molecular weight is 505 g/mol. The first-order chi connectivity index (χ1) is 17.4. The van der Waals surface area contributed by atoms with E-state index < -0.39 is 6.04 Å². The molecule has 7 heteroatoms. The number of nitrogens with two attached hydrogens (primary N) is 1. The number of likely N-dealkylation sites (N-methyl/N-ethyl adjacent to an activating group) is 1. The number of ether oxygens (including phenoxy) is 1. The van der Waals surface area contributed by atoms with Crippen molar-refractivity contribution in [2.75, 3.05) is 43.4 Å². The molecule has 0 spiro atoms. The van der Waals surface area contributed by atoms with Gasteiger partial charge in [0.1, 0.15) is 12.4 Å². The summed E-state index contributed by atoms with van der Waals surface area (Å²) >= 11 is 1.65. The Balaban J connectivity index is 1.52. The summed E-state index contributed by atoms with van der Waals surface area (Å²) in [5, 5.41) is 2.94. The van der Waals surface area contributed by atoms with Crippen LogP contribution in [0.25, 0.3) is 0 Å². The van der Waals surface area contributed by atoms with Crippen LogP contribution in [0.5, 0.6) is 5.75 Å². The molecule has 1 atom stereocenters. The summed E-state index contributed by atoms with van der Waals surface area (Å²) in [5.41, 5.74) is 9.02.